The number of aliphatic hydroxyl groups excluding tert-OH is 1. The number of aromatic nitrogens is 4. The molecule has 1 N–H and O–H groups in total. The van der Waals surface area contributed by atoms with Crippen molar-refractivity contribution in [2.75, 3.05) is 0 Å². The van der Waals surface area contributed by atoms with Gasteiger partial charge in [0.2, 0.25) is 0 Å². The molecule has 2 aromatic heterocycles. The van der Waals surface area contributed by atoms with Crippen LogP contribution in [0.4, 0.5) is 8.78 Å². The lowest BCUT2D eigenvalue weighted by Gasteiger charge is -2.04. The van der Waals surface area contributed by atoms with E-state index in [0.717, 1.165) is 4.68 Å². The van der Waals surface area contributed by atoms with Crippen molar-refractivity contribution in [1.82, 2.24) is 19.7 Å². The van der Waals surface area contributed by atoms with Gasteiger partial charge in [0.05, 0.1) is 6.61 Å². The second kappa shape index (κ2) is 5.18. The Morgan fingerprint density at radius 3 is 2.53 bits per heavy atom. The van der Waals surface area contributed by atoms with Crippen LogP contribution in [0.2, 0.25) is 5.15 Å². The highest BCUT2D eigenvalue weighted by molar-refractivity contribution is 6.30. The van der Waals surface area contributed by atoms with Crippen molar-refractivity contribution in [3.63, 3.8) is 0 Å². The molecule has 2 rings (SSSR count). The fraction of sp³-hybridized carbons (Fsp3) is 0.364. The summed E-state index contributed by atoms with van der Waals surface area (Å²) in [7, 11) is 0. The molecular weight excluding hydrogens is 278 g/mol. The van der Waals surface area contributed by atoms with Crippen molar-refractivity contribution in [3.05, 3.63) is 34.0 Å². The van der Waals surface area contributed by atoms with E-state index in [1.54, 1.807) is 19.9 Å². The Hall–Kier alpha value is -1.60. The van der Waals surface area contributed by atoms with Crippen molar-refractivity contribution in [3.8, 4) is 5.82 Å². The van der Waals surface area contributed by atoms with Crippen molar-refractivity contribution >= 4 is 11.6 Å². The average Bonchev–Trinajstić information content (AvgIpc) is 2.65. The van der Waals surface area contributed by atoms with Gasteiger partial charge in [-0.05, 0) is 13.8 Å². The normalized spacial score (nSPS) is 11.3. The van der Waals surface area contributed by atoms with Gasteiger partial charge in [-0.1, -0.05) is 11.6 Å². The number of alkyl halides is 2. The molecule has 0 aliphatic carbocycles. The molecule has 0 saturated carbocycles. The molecule has 5 nitrogen and oxygen atoms in total. The highest BCUT2D eigenvalue weighted by Crippen LogP contribution is 2.29. The molecule has 0 spiro atoms. The van der Waals surface area contributed by atoms with Gasteiger partial charge < -0.3 is 5.11 Å². The van der Waals surface area contributed by atoms with E-state index in [4.69, 9.17) is 16.7 Å². The van der Waals surface area contributed by atoms with Crippen molar-refractivity contribution in [2.45, 2.75) is 26.9 Å². The number of aliphatic hydroxyl groups is 1. The molecule has 0 saturated heterocycles. The average molecular weight is 289 g/mol. The topological polar surface area (TPSA) is 63.8 Å². The zero-order valence-electron chi connectivity index (χ0n) is 10.2. The molecular formula is C11H11ClF2N4O. The first-order valence-corrected chi connectivity index (χ1v) is 5.80. The Kier molecular flexibility index (Phi) is 3.77. The molecule has 2 aromatic rings. The molecule has 8 heteroatoms. The van der Waals surface area contributed by atoms with Gasteiger partial charge in [0, 0.05) is 17.3 Å². The summed E-state index contributed by atoms with van der Waals surface area (Å²) in [6.45, 7) is 2.81. The zero-order valence-corrected chi connectivity index (χ0v) is 11.0. The molecule has 0 atom stereocenters. The predicted octanol–water partition coefficient (Wildman–Crippen LogP) is 2.36. The van der Waals surface area contributed by atoms with E-state index >= 15 is 0 Å². The van der Waals surface area contributed by atoms with Gasteiger partial charge in [0.25, 0.3) is 6.43 Å². The highest BCUT2D eigenvalue weighted by atomic mass is 35.5. The summed E-state index contributed by atoms with van der Waals surface area (Å²) in [6.07, 6.45) is -2.81. The first kappa shape index (κ1) is 13.8. The van der Waals surface area contributed by atoms with Crippen molar-refractivity contribution < 1.29 is 13.9 Å². The van der Waals surface area contributed by atoms with Crippen LogP contribution in [0.25, 0.3) is 5.82 Å². The minimum absolute atomic E-state index is 0.0738. The van der Waals surface area contributed by atoms with E-state index in [1.165, 1.54) is 0 Å². The van der Waals surface area contributed by atoms with Gasteiger partial charge in [-0.2, -0.15) is 5.10 Å². The Labute approximate surface area is 112 Å². The fourth-order valence-corrected chi connectivity index (χ4v) is 2.01. The minimum Gasteiger partial charge on any atom is -0.391 e. The molecule has 0 aliphatic rings. The van der Waals surface area contributed by atoms with Gasteiger partial charge in [-0.3, -0.25) is 0 Å². The monoisotopic (exact) mass is 288 g/mol. The van der Waals surface area contributed by atoms with E-state index in [1.807, 2.05) is 0 Å². The summed E-state index contributed by atoms with van der Waals surface area (Å²) >= 11 is 5.96. The summed E-state index contributed by atoms with van der Waals surface area (Å²) in [4.78, 5) is 8.17. The van der Waals surface area contributed by atoms with Gasteiger partial charge in [0.1, 0.15) is 16.7 Å². The van der Waals surface area contributed by atoms with Crippen molar-refractivity contribution in [2.24, 2.45) is 0 Å². The van der Waals surface area contributed by atoms with Crippen LogP contribution in [0.5, 0.6) is 0 Å². The maximum atomic E-state index is 12.8. The number of rotatable bonds is 3. The Morgan fingerprint density at radius 1 is 1.37 bits per heavy atom. The number of aryl methyl sites for hydroxylation is 2. The number of nitrogens with zero attached hydrogens (tertiary/aromatic N) is 4. The lowest BCUT2D eigenvalue weighted by molar-refractivity contribution is 0.141. The second-order valence-corrected chi connectivity index (χ2v) is 4.30. The van der Waals surface area contributed by atoms with Crippen LogP contribution >= 0.6 is 11.6 Å². The van der Waals surface area contributed by atoms with E-state index in [0.29, 0.717) is 11.5 Å². The van der Waals surface area contributed by atoms with Gasteiger partial charge in [-0.15, -0.1) is 0 Å². The van der Waals surface area contributed by atoms with Crippen LogP contribution in [-0.2, 0) is 6.61 Å². The number of halogens is 3. The van der Waals surface area contributed by atoms with Gasteiger partial charge in [0.15, 0.2) is 5.82 Å². The van der Waals surface area contributed by atoms with Crippen LogP contribution in [0.1, 0.15) is 29.2 Å². The maximum absolute atomic E-state index is 12.8. The molecule has 2 heterocycles. The Balaban J connectivity index is 2.62. The van der Waals surface area contributed by atoms with E-state index < -0.39 is 18.7 Å². The summed E-state index contributed by atoms with van der Waals surface area (Å²) in [5, 5.41) is 12.8. The summed E-state index contributed by atoms with van der Waals surface area (Å²) < 4.78 is 26.7. The maximum Gasteiger partial charge on any atom is 0.282 e. The summed E-state index contributed by atoms with van der Waals surface area (Å²) in [5.41, 5.74) is 0.0326. The third kappa shape index (κ3) is 2.57. The molecule has 0 bridgehead atoms. The summed E-state index contributed by atoms with van der Waals surface area (Å²) in [6, 6.07) is 1.57. The summed E-state index contributed by atoms with van der Waals surface area (Å²) in [5.74, 6) is 0.766. The van der Waals surface area contributed by atoms with E-state index in [9.17, 15) is 8.78 Å². The Morgan fingerprint density at radius 2 is 2.05 bits per heavy atom. The third-order valence-electron chi connectivity index (χ3n) is 2.49. The standard InChI is InChI=1S/C11H11ClF2N4O/c1-5-3-8(16-6(2)15-5)18-10(12)7(4-19)9(17-18)11(13)14/h3,11,19H,4H2,1-2H3. The zero-order chi connectivity index (χ0) is 14.2. The lowest BCUT2D eigenvalue weighted by Crippen LogP contribution is -2.04. The molecule has 0 unspecified atom stereocenters. The van der Waals surface area contributed by atoms with Crippen LogP contribution in [-0.4, -0.2) is 24.9 Å². The SMILES string of the molecule is Cc1cc(-n2nc(C(F)F)c(CO)c2Cl)nc(C)n1. The van der Waals surface area contributed by atoms with Crippen LogP contribution in [0.15, 0.2) is 6.07 Å². The first-order chi connectivity index (χ1) is 8.93. The predicted molar refractivity (Wildman–Crippen MR) is 64.5 cm³/mol. The molecule has 0 fully saturated rings. The molecule has 19 heavy (non-hydrogen) atoms. The smallest absolute Gasteiger partial charge is 0.282 e. The molecule has 0 radical (unpaired) electrons. The molecule has 0 amide bonds. The van der Waals surface area contributed by atoms with Crippen LogP contribution in [0.3, 0.4) is 0 Å². The van der Waals surface area contributed by atoms with Crippen LogP contribution in [0, 0.1) is 13.8 Å². The fourth-order valence-electron chi connectivity index (χ4n) is 1.72. The second-order valence-electron chi connectivity index (χ2n) is 3.94. The van der Waals surface area contributed by atoms with Gasteiger partial charge in [-0.25, -0.2) is 23.4 Å². The molecule has 0 aliphatic heterocycles. The first-order valence-electron chi connectivity index (χ1n) is 5.43. The third-order valence-corrected chi connectivity index (χ3v) is 2.87. The molecule has 102 valence electrons. The van der Waals surface area contributed by atoms with E-state index in [-0.39, 0.29) is 16.5 Å². The minimum atomic E-state index is -2.81. The Bertz CT molecular complexity index is 595. The van der Waals surface area contributed by atoms with Crippen LogP contribution < -0.4 is 0 Å². The van der Waals surface area contributed by atoms with Crippen molar-refractivity contribution in [1.29, 1.82) is 0 Å². The number of hydrogen-bond acceptors (Lipinski definition) is 4. The molecule has 0 aromatic carbocycles. The van der Waals surface area contributed by atoms with Gasteiger partial charge >= 0.3 is 0 Å². The highest BCUT2D eigenvalue weighted by Gasteiger charge is 2.23. The number of hydrogen-bond donors (Lipinski definition) is 1. The van der Waals surface area contributed by atoms with E-state index in [2.05, 4.69) is 15.1 Å². The largest absolute Gasteiger partial charge is 0.391 e. The lowest BCUT2D eigenvalue weighted by atomic mass is 10.3. The quantitative estimate of drug-likeness (QED) is 0.942.